The molecule has 0 N–H and O–H groups in total. The van der Waals surface area contributed by atoms with Gasteiger partial charge in [0, 0.05) is 48.1 Å². The molecule has 0 atom stereocenters. The quantitative estimate of drug-likeness (QED) is 0.196. The second-order valence-corrected chi connectivity index (χ2v) is 12.4. The Hall–Kier alpha value is -5.91. The van der Waals surface area contributed by atoms with Gasteiger partial charge in [-0.25, -0.2) is 15.0 Å². The Labute approximate surface area is 269 Å². The van der Waals surface area contributed by atoms with Gasteiger partial charge >= 0.3 is 0 Å². The van der Waals surface area contributed by atoms with Crippen LogP contribution in [0.1, 0.15) is 0 Å². The van der Waals surface area contributed by atoms with Gasteiger partial charge in [0.25, 0.3) is 0 Å². The molecule has 9 aromatic rings. The van der Waals surface area contributed by atoms with Crippen molar-refractivity contribution < 1.29 is 0 Å². The lowest BCUT2D eigenvalue weighted by atomic mass is 10.0. The summed E-state index contributed by atoms with van der Waals surface area (Å²) in [4.78, 5) is 15.3. The van der Waals surface area contributed by atoms with Crippen LogP contribution in [-0.4, -0.2) is 19.5 Å². The molecule has 3 heterocycles. The first-order valence-corrected chi connectivity index (χ1v) is 16.1. The number of imidazole rings is 1. The van der Waals surface area contributed by atoms with Gasteiger partial charge in [0.15, 0.2) is 5.82 Å². The zero-order valence-electron chi connectivity index (χ0n) is 24.7. The van der Waals surface area contributed by atoms with Gasteiger partial charge in [-0.2, -0.15) is 0 Å². The summed E-state index contributed by atoms with van der Waals surface area (Å²) >= 11 is 1.81. The predicted molar refractivity (Wildman–Crippen MR) is 191 cm³/mol. The first-order chi connectivity index (χ1) is 22.8. The van der Waals surface area contributed by atoms with Gasteiger partial charge in [0.2, 0.25) is 0 Å². The third-order valence-electron chi connectivity index (χ3n) is 8.43. The maximum absolute atomic E-state index is 5.15. The SMILES string of the molecule is c1ccc(-c2cc(-c3cccc4sc5cc(-c6nc7ccccc7n6-c6ccccc6)ccc5c34)nc(-c3ccccc3)n2)cc1. The van der Waals surface area contributed by atoms with Crippen molar-refractivity contribution in [1.82, 2.24) is 19.5 Å². The number of nitrogens with zero attached hydrogens (tertiary/aromatic N) is 4. The Morgan fingerprint density at radius 1 is 0.478 bits per heavy atom. The van der Waals surface area contributed by atoms with E-state index < -0.39 is 0 Å². The van der Waals surface area contributed by atoms with E-state index >= 15 is 0 Å². The van der Waals surface area contributed by atoms with E-state index in [1.165, 1.54) is 20.2 Å². The number of thiophene rings is 1. The molecule has 5 heteroatoms. The lowest BCUT2D eigenvalue weighted by molar-refractivity contribution is 1.10. The molecule has 0 spiro atoms. The van der Waals surface area contributed by atoms with Crippen molar-refractivity contribution in [3.8, 4) is 51.0 Å². The van der Waals surface area contributed by atoms with Crippen molar-refractivity contribution in [2.75, 3.05) is 0 Å². The van der Waals surface area contributed by atoms with Crippen LogP contribution in [0.25, 0.3) is 82.2 Å². The van der Waals surface area contributed by atoms with Gasteiger partial charge in [-0.05, 0) is 42.5 Å². The van der Waals surface area contributed by atoms with Crippen molar-refractivity contribution in [3.05, 3.63) is 158 Å². The summed E-state index contributed by atoms with van der Waals surface area (Å²) in [5.41, 5.74) is 9.23. The summed E-state index contributed by atoms with van der Waals surface area (Å²) in [6, 6.07) is 54.8. The standard InChI is InChI=1S/C41H26N4S/c1-4-13-27(14-5-1)34-26-35(43-40(42-34)28-15-6-2-7-16-28)31-19-12-22-37-39(31)32-24-23-29(25-38(32)46-37)41-44-33-20-10-11-21-36(33)45(41)30-17-8-3-9-18-30/h1-26H. The molecule has 9 rings (SSSR count). The molecule has 0 amide bonds. The van der Waals surface area contributed by atoms with Crippen molar-refractivity contribution >= 4 is 42.5 Å². The molecule has 0 saturated carbocycles. The number of fused-ring (bicyclic) bond motifs is 4. The number of rotatable bonds is 5. The molecule has 0 fully saturated rings. The van der Waals surface area contributed by atoms with Gasteiger partial charge in [-0.1, -0.05) is 115 Å². The molecule has 6 aromatic carbocycles. The van der Waals surface area contributed by atoms with Gasteiger partial charge in [0.05, 0.1) is 22.4 Å². The Bertz CT molecular complexity index is 2460. The van der Waals surface area contributed by atoms with Gasteiger partial charge in [-0.3, -0.25) is 4.57 Å². The minimum atomic E-state index is 0.718. The Kier molecular flexibility index (Phi) is 6.28. The Balaban J connectivity index is 1.24. The van der Waals surface area contributed by atoms with Gasteiger partial charge in [-0.15, -0.1) is 11.3 Å². The molecule has 0 aliphatic carbocycles. The summed E-state index contributed by atoms with van der Waals surface area (Å²) in [6.07, 6.45) is 0. The molecule has 46 heavy (non-hydrogen) atoms. The second-order valence-electron chi connectivity index (χ2n) is 11.3. The molecule has 4 nitrogen and oxygen atoms in total. The highest BCUT2D eigenvalue weighted by atomic mass is 32.1. The summed E-state index contributed by atoms with van der Waals surface area (Å²) < 4.78 is 4.70. The molecular weight excluding hydrogens is 581 g/mol. The number of benzene rings is 6. The van der Waals surface area contributed by atoms with E-state index in [9.17, 15) is 0 Å². The summed E-state index contributed by atoms with van der Waals surface area (Å²) in [6.45, 7) is 0. The molecule has 0 aliphatic rings. The summed E-state index contributed by atoms with van der Waals surface area (Å²) in [7, 11) is 0. The van der Waals surface area contributed by atoms with Crippen LogP contribution in [0.3, 0.4) is 0 Å². The second kappa shape index (κ2) is 10.9. The van der Waals surface area contributed by atoms with Crippen LogP contribution in [0.4, 0.5) is 0 Å². The molecule has 0 aliphatic heterocycles. The fourth-order valence-corrected chi connectivity index (χ4v) is 7.47. The number of hydrogen-bond acceptors (Lipinski definition) is 4. The fraction of sp³-hybridized carbons (Fsp3) is 0. The van der Waals surface area contributed by atoms with Crippen molar-refractivity contribution in [2.24, 2.45) is 0 Å². The van der Waals surface area contributed by atoms with Crippen LogP contribution >= 0.6 is 11.3 Å². The van der Waals surface area contributed by atoms with E-state index in [4.69, 9.17) is 15.0 Å². The van der Waals surface area contributed by atoms with Crippen LogP contribution in [0.2, 0.25) is 0 Å². The number of aromatic nitrogens is 4. The van der Waals surface area contributed by atoms with Crippen molar-refractivity contribution in [1.29, 1.82) is 0 Å². The first kappa shape index (κ1) is 26.5. The summed E-state index contributed by atoms with van der Waals surface area (Å²) in [5.74, 6) is 1.65. The van der Waals surface area contributed by atoms with Crippen molar-refractivity contribution in [3.63, 3.8) is 0 Å². The van der Waals surface area contributed by atoms with Crippen LogP contribution in [0, 0.1) is 0 Å². The average Bonchev–Trinajstić information content (AvgIpc) is 3.71. The topological polar surface area (TPSA) is 43.6 Å². The highest BCUT2D eigenvalue weighted by molar-refractivity contribution is 7.26. The summed E-state index contributed by atoms with van der Waals surface area (Å²) in [5, 5.41) is 2.42. The average molecular weight is 607 g/mol. The molecule has 0 unspecified atom stereocenters. The first-order valence-electron chi connectivity index (χ1n) is 15.3. The predicted octanol–water partition coefficient (Wildman–Crippen LogP) is 10.9. The Morgan fingerprint density at radius 3 is 1.98 bits per heavy atom. The van der Waals surface area contributed by atoms with Crippen LogP contribution < -0.4 is 0 Å². The maximum Gasteiger partial charge on any atom is 0.160 e. The smallest absolute Gasteiger partial charge is 0.160 e. The fourth-order valence-electron chi connectivity index (χ4n) is 6.29. The lowest BCUT2D eigenvalue weighted by Crippen LogP contribution is -1.97. The third-order valence-corrected chi connectivity index (χ3v) is 9.55. The van der Waals surface area contributed by atoms with E-state index in [0.717, 1.165) is 62.0 Å². The van der Waals surface area contributed by atoms with E-state index in [2.05, 4.69) is 126 Å². The van der Waals surface area contributed by atoms with E-state index in [-0.39, 0.29) is 0 Å². The van der Waals surface area contributed by atoms with Crippen molar-refractivity contribution in [2.45, 2.75) is 0 Å². The third kappa shape index (κ3) is 4.48. The largest absolute Gasteiger partial charge is 0.292 e. The minimum Gasteiger partial charge on any atom is -0.292 e. The molecule has 216 valence electrons. The van der Waals surface area contributed by atoms with E-state index in [1.807, 2.05) is 47.7 Å². The van der Waals surface area contributed by atoms with Crippen LogP contribution in [-0.2, 0) is 0 Å². The van der Waals surface area contributed by atoms with E-state index in [1.54, 1.807) is 0 Å². The van der Waals surface area contributed by atoms with Crippen LogP contribution in [0.15, 0.2) is 158 Å². The highest BCUT2D eigenvalue weighted by Gasteiger charge is 2.18. The number of para-hydroxylation sites is 3. The Morgan fingerprint density at radius 2 is 1.17 bits per heavy atom. The normalized spacial score (nSPS) is 11.5. The van der Waals surface area contributed by atoms with Gasteiger partial charge < -0.3 is 0 Å². The molecule has 0 radical (unpaired) electrons. The maximum atomic E-state index is 5.15. The zero-order chi connectivity index (χ0) is 30.5. The molecule has 0 bridgehead atoms. The molecule has 0 saturated heterocycles. The molecular formula is C41H26N4S. The lowest BCUT2D eigenvalue weighted by Gasteiger charge is -2.11. The number of hydrogen-bond donors (Lipinski definition) is 0. The molecule has 3 aromatic heterocycles. The highest BCUT2D eigenvalue weighted by Crippen LogP contribution is 2.42. The monoisotopic (exact) mass is 606 g/mol. The van der Waals surface area contributed by atoms with E-state index in [0.29, 0.717) is 0 Å². The van der Waals surface area contributed by atoms with Gasteiger partial charge in [0.1, 0.15) is 5.82 Å². The zero-order valence-corrected chi connectivity index (χ0v) is 25.5. The minimum absolute atomic E-state index is 0.718. The van der Waals surface area contributed by atoms with Crippen LogP contribution in [0.5, 0.6) is 0 Å².